The minimum Gasteiger partial charge on any atom is -0.490 e. The van der Waals surface area contributed by atoms with Crippen molar-refractivity contribution in [2.75, 3.05) is 7.05 Å². The minimum atomic E-state index is -0.882. The van der Waals surface area contributed by atoms with Crippen molar-refractivity contribution in [3.05, 3.63) is 29.3 Å². The Balaban J connectivity index is 2.06. The second-order valence-corrected chi connectivity index (χ2v) is 4.07. The third-order valence-corrected chi connectivity index (χ3v) is 2.93. The Morgan fingerprint density at radius 1 is 1.35 bits per heavy atom. The molecule has 1 aromatic carbocycles. The van der Waals surface area contributed by atoms with Crippen LogP contribution >= 0.6 is 0 Å². The van der Waals surface area contributed by atoms with Gasteiger partial charge in [-0.25, -0.2) is 8.78 Å². The lowest BCUT2D eigenvalue weighted by atomic mass is 9.89. The summed E-state index contributed by atoms with van der Waals surface area (Å²) in [6.45, 7) is 0. The molecule has 1 aliphatic carbocycles. The Morgan fingerprint density at radius 3 is 2.41 bits per heavy atom. The van der Waals surface area contributed by atoms with Gasteiger partial charge in [0.25, 0.3) is 0 Å². The Labute approximate surface area is 98.0 Å². The third kappa shape index (κ3) is 2.37. The van der Waals surface area contributed by atoms with Gasteiger partial charge in [0, 0.05) is 18.2 Å². The molecule has 0 atom stereocenters. The second-order valence-electron chi connectivity index (χ2n) is 4.07. The molecule has 0 bridgehead atoms. The zero-order valence-electron chi connectivity index (χ0n) is 9.34. The van der Waals surface area contributed by atoms with Gasteiger partial charge in [-0.05, 0) is 19.9 Å². The van der Waals surface area contributed by atoms with E-state index in [4.69, 9.17) is 10.00 Å². The molecule has 0 amide bonds. The molecule has 1 aliphatic rings. The molecule has 1 aromatic rings. The van der Waals surface area contributed by atoms with Gasteiger partial charge in [-0.3, -0.25) is 0 Å². The van der Waals surface area contributed by atoms with E-state index in [-0.39, 0.29) is 11.9 Å². The normalized spacial score (nSPS) is 22.7. The van der Waals surface area contributed by atoms with Crippen LogP contribution < -0.4 is 10.1 Å². The van der Waals surface area contributed by atoms with Crippen LogP contribution in [0.25, 0.3) is 0 Å². The average molecular weight is 238 g/mol. The fraction of sp³-hybridized carbons (Fsp3) is 0.417. The molecule has 0 aliphatic heterocycles. The Bertz CT molecular complexity index is 441. The highest BCUT2D eigenvalue weighted by Gasteiger charge is 2.29. The second kappa shape index (κ2) is 4.68. The molecule has 0 unspecified atom stereocenters. The van der Waals surface area contributed by atoms with E-state index in [1.165, 1.54) is 6.07 Å². The zero-order chi connectivity index (χ0) is 12.4. The number of hydrogen-bond donors (Lipinski definition) is 1. The van der Waals surface area contributed by atoms with E-state index in [2.05, 4.69) is 5.32 Å². The van der Waals surface area contributed by atoms with Crippen LogP contribution in [0.5, 0.6) is 5.75 Å². The first-order valence-electron chi connectivity index (χ1n) is 5.37. The fourth-order valence-electron chi connectivity index (χ4n) is 1.81. The highest BCUT2D eigenvalue weighted by molar-refractivity contribution is 5.38. The molecule has 0 radical (unpaired) electrons. The van der Waals surface area contributed by atoms with E-state index in [0.717, 1.165) is 25.0 Å². The van der Waals surface area contributed by atoms with Gasteiger partial charge in [0.05, 0.1) is 0 Å². The van der Waals surface area contributed by atoms with Crippen LogP contribution in [0.3, 0.4) is 0 Å². The fourth-order valence-corrected chi connectivity index (χ4v) is 1.81. The first kappa shape index (κ1) is 11.8. The van der Waals surface area contributed by atoms with Crippen molar-refractivity contribution in [3.63, 3.8) is 0 Å². The van der Waals surface area contributed by atoms with Crippen molar-refractivity contribution >= 4 is 0 Å². The number of nitriles is 1. The smallest absolute Gasteiger partial charge is 0.147 e. The molecular formula is C12H12F2N2O. The maximum absolute atomic E-state index is 13.3. The summed E-state index contributed by atoms with van der Waals surface area (Å²) in [6, 6.07) is 3.98. The summed E-state index contributed by atoms with van der Waals surface area (Å²) < 4.78 is 32.0. The van der Waals surface area contributed by atoms with E-state index in [1.54, 1.807) is 0 Å². The van der Waals surface area contributed by atoms with Crippen LogP contribution in [0.1, 0.15) is 18.4 Å². The summed E-state index contributed by atoms with van der Waals surface area (Å²) in [5, 5.41) is 11.6. The molecule has 1 N–H and O–H groups in total. The van der Waals surface area contributed by atoms with E-state index in [1.807, 2.05) is 7.05 Å². The lowest BCUT2D eigenvalue weighted by Gasteiger charge is -2.35. The van der Waals surface area contributed by atoms with E-state index < -0.39 is 17.2 Å². The summed E-state index contributed by atoms with van der Waals surface area (Å²) in [4.78, 5) is 0. The molecule has 0 spiro atoms. The number of halogens is 2. The predicted molar refractivity (Wildman–Crippen MR) is 57.6 cm³/mol. The van der Waals surface area contributed by atoms with Gasteiger partial charge < -0.3 is 10.1 Å². The monoisotopic (exact) mass is 238 g/mol. The van der Waals surface area contributed by atoms with E-state index in [9.17, 15) is 8.78 Å². The lowest BCUT2D eigenvalue weighted by molar-refractivity contribution is 0.0878. The maximum atomic E-state index is 13.3. The van der Waals surface area contributed by atoms with E-state index >= 15 is 0 Å². The van der Waals surface area contributed by atoms with Crippen LogP contribution in [0, 0.1) is 23.0 Å². The molecular weight excluding hydrogens is 226 g/mol. The number of hydrogen-bond acceptors (Lipinski definition) is 3. The standard InChI is InChI=1S/C12H12F2N2O/c1-16-7-2-8(3-7)17-9-4-11(13)10(6-15)12(14)5-9/h4-5,7-8,16H,2-3H2,1H3. The quantitative estimate of drug-likeness (QED) is 0.875. The van der Waals surface area contributed by atoms with Crippen LogP contribution in [0.4, 0.5) is 8.78 Å². The van der Waals surface area contributed by atoms with Crippen molar-refractivity contribution < 1.29 is 13.5 Å². The summed E-state index contributed by atoms with van der Waals surface area (Å²) >= 11 is 0. The first-order valence-corrected chi connectivity index (χ1v) is 5.37. The van der Waals surface area contributed by atoms with Crippen LogP contribution in [0.2, 0.25) is 0 Å². The van der Waals surface area contributed by atoms with Gasteiger partial charge >= 0.3 is 0 Å². The number of benzene rings is 1. The molecule has 0 aromatic heterocycles. The highest BCUT2D eigenvalue weighted by atomic mass is 19.1. The van der Waals surface area contributed by atoms with Crippen LogP contribution in [0.15, 0.2) is 12.1 Å². The Hall–Kier alpha value is -1.67. The maximum Gasteiger partial charge on any atom is 0.147 e. The predicted octanol–water partition coefficient (Wildman–Crippen LogP) is 1.97. The van der Waals surface area contributed by atoms with Crippen molar-refractivity contribution in [1.29, 1.82) is 5.26 Å². The molecule has 1 saturated carbocycles. The van der Waals surface area contributed by atoms with Crippen molar-refractivity contribution in [2.24, 2.45) is 0 Å². The van der Waals surface area contributed by atoms with Crippen molar-refractivity contribution in [2.45, 2.75) is 25.0 Å². The van der Waals surface area contributed by atoms with Crippen LogP contribution in [-0.4, -0.2) is 19.2 Å². The minimum absolute atomic E-state index is 0.0146. The molecule has 90 valence electrons. The topological polar surface area (TPSA) is 45.0 Å². The summed E-state index contributed by atoms with van der Waals surface area (Å²) in [7, 11) is 1.86. The lowest BCUT2D eigenvalue weighted by Crippen LogP contribution is -2.45. The summed E-state index contributed by atoms with van der Waals surface area (Å²) in [5.74, 6) is -1.63. The number of nitrogens with zero attached hydrogens (tertiary/aromatic N) is 1. The molecule has 1 fully saturated rings. The summed E-state index contributed by atoms with van der Waals surface area (Å²) in [6.07, 6.45) is 1.62. The third-order valence-electron chi connectivity index (χ3n) is 2.93. The number of nitrogens with one attached hydrogen (secondary N) is 1. The van der Waals surface area contributed by atoms with Gasteiger partial charge in [-0.15, -0.1) is 0 Å². The molecule has 17 heavy (non-hydrogen) atoms. The Morgan fingerprint density at radius 2 is 1.94 bits per heavy atom. The SMILES string of the molecule is CNC1CC(Oc2cc(F)c(C#N)c(F)c2)C1. The largest absolute Gasteiger partial charge is 0.490 e. The molecule has 5 heteroatoms. The highest BCUT2D eigenvalue weighted by Crippen LogP contribution is 2.27. The van der Waals surface area contributed by atoms with Gasteiger partial charge in [0.1, 0.15) is 35.1 Å². The van der Waals surface area contributed by atoms with Crippen molar-refractivity contribution in [1.82, 2.24) is 5.32 Å². The first-order chi connectivity index (χ1) is 8.13. The summed E-state index contributed by atoms with van der Waals surface area (Å²) in [5.41, 5.74) is -0.570. The molecule has 0 saturated heterocycles. The average Bonchev–Trinajstić information content (AvgIpc) is 2.22. The molecule has 2 rings (SSSR count). The van der Waals surface area contributed by atoms with Gasteiger partial charge in [-0.1, -0.05) is 0 Å². The van der Waals surface area contributed by atoms with Gasteiger partial charge in [-0.2, -0.15) is 5.26 Å². The van der Waals surface area contributed by atoms with E-state index in [0.29, 0.717) is 6.04 Å². The van der Waals surface area contributed by atoms with Crippen molar-refractivity contribution in [3.8, 4) is 11.8 Å². The van der Waals surface area contributed by atoms with Gasteiger partial charge in [0.15, 0.2) is 0 Å². The molecule has 3 nitrogen and oxygen atoms in total. The van der Waals surface area contributed by atoms with Gasteiger partial charge in [0.2, 0.25) is 0 Å². The number of ether oxygens (including phenoxy) is 1. The van der Waals surface area contributed by atoms with Crippen LogP contribution in [-0.2, 0) is 0 Å². The zero-order valence-corrected chi connectivity index (χ0v) is 9.34. The molecule has 0 heterocycles. The number of rotatable bonds is 3. The Kier molecular flexibility index (Phi) is 3.25.